The van der Waals surface area contributed by atoms with Crippen LogP contribution in [0.3, 0.4) is 0 Å². The number of halogens is 3. The molecule has 0 aromatic heterocycles. The van der Waals surface area contributed by atoms with Gasteiger partial charge in [-0.05, 0) is 51.3 Å². The van der Waals surface area contributed by atoms with E-state index in [-0.39, 0.29) is 11.3 Å². The number of hydrogen-bond acceptors (Lipinski definition) is 3. The maximum atomic E-state index is 12.9. The number of anilines is 1. The first-order valence-electron chi connectivity index (χ1n) is 7.30. The molecule has 0 unspecified atom stereocenters. The van der Waals surface area contributed by atoms with Gasteiger partial charge in [0.1, 0.15) is 5.60 Å². The first kappa shape index (κ1) is 18.1. The Kier molecular flexibility index (Phi) is 4.28. The molecule has 132 valence electrons. The van der Waals surface area contributed by atoms with Crippen LogP contribution in [0.4, 0.5) is 23.7 Å². The smallest absolute Gasteiger partial charge is 0.416 e. The van der Waals surface area contributed by atoms with Crippen LogP contribution in [0.5, 0.6) is 0 Å². The molecule has 1 saturated carbocycles. The molecule has 24 heavy (non-hydrogen) atoms. The molecule has 1 amide bonds. The van der Waals surface area contributed by atoms with E-state index in [1.54, 1.807) is 20.8 Å². The summed E-state index contributed by atoms with van der Waals surface area (Å²) in [6.07, 6.45) is -4.94. The van der Waals surface area contributed by atoms with Crippen LogP contribution in [0.1, 0.15) is 44.7 Å². The third-order valence-corrected chi connectivity index (χ3v) is 3.66. The summed E-state index contributed by atoms with van der Waals surface area (Å²) in [5.41, 5.74) is -3.11. The van der Waals surface area contributed by atoms with Crippen LogP contribution in [0.15, 0.2) is 18.2 Å². The number of carbonyl (C=O) groups is 2. The van der Waals surface area contributed by atoms with Crippen molar-refractivity contribution in [1.82, 2.24) is 0 Å². The van der Waals surface area contributed by atoms with Crippen LogP contribution in [0.25, 0.3) is 0 Å². The maximum absolute atomic E-state index is 12.9. The first-order valence-corrected chi connectivity index (χ1v) is 7.30. The Morgan fingerprint density at radius 2 is 1.79 bits per heavy atom. The molecule has 1 aromatic rings. The van der Waals surface area contributed by atoms with Crippen molar-refractivity contribution in [1.29, 1.82) is 0 Å². The van der Waals surface area contributed by atoms with Gasteiger partial charge in [-0.25, -0.2) is 4.79 Å². The molecule has 0 saturated heterocycles. The van der Waals surface area contributed by atoms with Gasteiger partial charge in [0, 0.05) is 5.69 Å². The molecule has 0 atom stereocenters. The number of benzene rings is 1. The lowest BCUT2D eigenvalue weighted by Gasteiger charge is -2.22. The maximum Gasteiger partial charge on any atom is 0.416 e. The number of amides is 1. The number of carboxylic acids is 1. The lowest BCUT2D eigenvalue weighted by molar-refractivity contribution is -0.140. The van der Waals surface area contributed by atoms with E-state index in [0.29, 0.717) is 12.8 Å². The molecule has 5 nitrogen and oxygen atoms in total. The molecule has 0 bridgehead atoms. The minimum atomic E-state index is -4.61. The molecule has 8 heteroatoms. The van der Waals surface area contributed by atoms with Crippen LogP contribution < -0.4 is 5.32 Å². The molecule has 2 N–H and O–H groups in total. The number of aliphatic carboxylic acids is 1. The predicted molar refractivity (Wildman–Crippen MR) is 79.8 cm³/mol. The summed E-state index contributed by atoms with van der Waals surface area (Å²) in [5, 5.41) is 11.6. The minimum Gasteiger partial charge on any atom is -0.481 e. The van der Waals surface area contributed by atoms with Crippen molar-refractivity contribution in [3.05, 3.63) is 29.3 Å². The summed E-state index contributed by atoms with van der Waals surface area (Å²) >= 11 is 0. The van der Waals surface area contributed by atoms with E-state index < -0.39 is 34.8 Å². The summed E-state index contributed by atoms with van der Waals surface area (Å²) in [4.78, 5) is 23.4. The fourth-order valence-electron chi connectivity index (χ4n) is 2.38. The number of nitrogens with one attached hydrogen (secondary N) is 1. The van der Waals surface area contributed by atoms with Gasteiger partial charge in [-0.15, -0.1) is 0 Å². The van der Waals surface area contributed by atoms with Crippen LogP contribution in [-0.4, -0.2) is 22.8 Å². The molecular formula is C16H18F3NO4. The van der Waals surface area contributed by atoms with Crippen LogP contribution in [-0.2, 0) is 21.1 Å². The third-order valence-electron chi connectivity index (χ3n) is 3.66. The standard InChI is InChI=1S/C16H18F3NO4/c1-14(2,3)24-13(23)20-11-8-9(16(17,18)19)4-5-10(11)15(6-7-15)12(21)22/h4-5,8H,6-7H2,1-3H3,(H,20,23)(H,21,22). The van der Waals surface area contributed by atoms with E-state index in [2.05, 4.69) is 5.32 Å². The number of ether oxygens (including phenoxy) is 1. The normalized spacial score (nSPS) is 16.4. The van der Waals surface area contributed by atoms with E-state index in [1.807, 2.05) is 0 Å². The fourth-order valence-corrected chi connectivity index (χ4v) is 2.38. The average Bonchev–Trinajstić information content (AvgIpc) is 3.16. The molecule has 0 radical (unpaired) electrons. The second-order valence-corrected chi connectivity index (χ2v) is 6.77. The average molecular weight is 345 g/mol. The number of rotatable bonds is 3. The van der Waals surface area contributed by atoms with Crippen LogP contribution >= 0.6 is 0 Å². The van der Waals surface area contributed by atoms with Crippen molar-refractivity contribution in [3.63, 3.8) is 0 Å². The Bertz CT molecular complexity index is 673. The summed E-state index contributed by atoms with van der Waals surface area (Å²) in [5.74, 6) is -1.13. The molecule has 0 heterocycles. The van der Waals surface area contributed by atoms with E-state index in [4.69, 9.17) is 4.74 Å². The van der Waals surface area contributed by atoms with Gasteiger partial charge in [0.2, 0.25) is 0 Å². The summed E-state index contributed by atoms with van der Waals surface area (Å²) in [6, 6.07) is 2.66. The zero-order valence-electron chi connectivity index (χ0n) is 13.5. The Morgan fingerprint density at radius 3 is 2.21 bits per heavy atom. The van der Waals surface area contributed by atoms with Crippen molar-refractivity contribution in [2.75, 3.05) is 5.32 Å². The lowest BCUT2D eigenvalue weighted by atomic mass is 9.93. The van der Waals surface area contributed by atoms with E-state index >= 15 is 0 Å². The fraction of sp³-hybridized carbons (Fsp3) is 0.500. The number of carbonyl (C=O) groups excluding carboxylic acids is 1. The van der Waals surface area contributed by atoms with Gasteiger partial charge in [-0.3, -0.25) is 10.1 Å². The molecule has 0 spiro atoms. The monoisotopic (exact) mass is 345 g/mol. The van der Waals surface area contributed by atoms with Gasteiger partial charge >= 0.3 is 18.2 Å². The zero-order valence-corrected chi connectivity index (χ0v) is 13.5. The largest absolute Gasteiger partial charge is 0.481 e. The minimum absolute atomic E-state index is 0.147. The molecule has 1 aliphatic rings. The second-order valence-electron chi connectivity index (χ2n) is 6.77. The molecule has 0 aliphatic heterocycles. The highest BCUT2D eigenvalue weighted by Gasteiger charge is 2.53. The zero-order chi connectivity index (χ0) is 18.3. The van der Waals surface area contributed by atoms with Crippen LogP contribution in [0.2, 0.25) is 0 Å². The van der Waals surface area contributed by atoms with Gasteiger partial charge in [0.15, 0.2) is 0 Å². The predicted octanol–water partition coefficient (Wildman–Crippen LogP) is 4.17. The van der Waals surface area contributed by atoms with Gasteiger partial charge in [0.05, 0.1) is 11.0 Å². The van der Waals surface area contributed by atoms with Crippen LogP contribution in [0, 0.1) is 0 Å². The first-order chi connectivity index (χ1) is 10.8. The van der Waals surface area contributed by atoms with Crippen molar-refractivity contribution < 1.29 is 32.6 Å². The summed E-state index contributed by atoms with van der Waals surface area (Å²) in [7, 11) is 0. The topological polar surface area (TPSA) is 75.6 Å². The number of hydrogen-bond donors (Lipinski definition) is 2. The van der Waals surface area contributed by atoms with Crippen molar-refractivity contribution >= 4 is 17.7 Å². The van der Waals surface area contributed by atoms with E-state index in [1.165, 1.54) is 0 Å². The molecule has 2 rings (SSSR count). The Balaban J connectivity index is 2.42. The van der Waals surface area contributed by atoms with Gasteiger partial charge in [-0.1, -0.05) is 6.07 Å². The highest BCUT2D eigenvalue weighted by Crippen LogP contribution is 2.51. The second kappa shape index (κ2) is 5.68. The quantitative estimate of drug-likeness (QED) is 0.862. The highest BCUT2D eigenvalue weighted by atomic mass is 19.4. The third kappa shape index (κ3) is 3.80. The van der Waals surface area contributed by atoms with Gasteiger partial charge in [-0.2, -0.15) is 13.2 Å². The van der Waals surface area contributed by atoms with Crippen molar-refractivity contribution in [2.24, 2.45) is 0 Å². The Morgan fingerprint density at radius 1 is 1.21 bits per heavy atom. The van der Waals surface area contributed by atoms with E-state index in [0.717, 1.165) is 18.2 Å². The molecule has 1 aromatic carbocycles. The lowest BCUT2D eigenvalue weighted by Crippen LogP contribution is -2.29. The van der Waals surface area contributed by atoms with Gasteiger partial charge < -0.3 is 9.84 Å². The molecular weight excluding hydrogens is 327 g/mol. The number of carboxylic acid groups (broad SMARTS) is 1. The van der Waals surface area contributed by atoms with Crippen molar-refractivity contribution in [2.45, 2.75) is 50.8 Å². The molecule has 1 fully saturated rings. The Labute approximate surface area is 136 Å². The van der Waals surface area contributed by atoms with E-state index in [9.17, 15) is 27.9 Å². The van der Waals surface area contributed by atoms with Crippen molar-refractivity contribution in [3.8, 4) is 0 Å². The Hall–Kier alpha value is -2.25. The molecule has 1 aliphatic carbocycles. The SMILES string of the molecule is CC(C)(C)OC(=O)Nc1cc(C(F)(F)F)ccc1C1(C(=O)O)CC1. The highest BCUT2D eigenvalue weighted by molar-refractivity contribution is 5.92. The van der Waals surface area contributed by atoms with Gasteiger partial charge in [0.25, 0.3) is 0 Å². The summed E-state index contributed by atoms with van der Waals surface area (Å²) in [6.45, 7) is 4.83. The number of alkyl halides is 3. The summed E-state index contributed by atoms with van der Waals surface area (Å²) < 4.78 is 43.8.